The smallest absolute Gasteiger partial charge is 0.147 e. The minimum atomic E-state index is -0.262. The normalized spacial score (nSPS) is 14.9. The molecule has 0 aliphatic carbocycles. The van der Waals surface area contributed by atoms with Crippen molar-refractivity contribution in [2.45, 2.75) is 25.8 Å². The van der Waals surface area contributed by atoms with E-state index in [1.165, 1.54) is 25.3 Å². The molecule has 4 rings (SSSR count). The molecule has 0 radical (unpaired) electrons. The van der Waals surface area contributed by atoms with Gasteiger partial charge >= 0.3 is 0 Å². The summed E-state index contributed by atoms with van der Waals surface area (Å²) in [4.78, 5) is 11.6. The molecule has 0 saturated carbocycles. The van der Waals surface area contributed by atoms with Gasteiger partial charge in [-0.15, -0.1) is 0 Å². The SMILES string of the molecule is NCc1ccc(-c2ccc3ncc(N4CCCCC4)nc3c2)c(F)c1. The predicted molar refractivity (Wildman–Crippen MR) is 98.9 cm³/mol. The zero-order valence-electron chi connectivity index (χ0n) is 14.1. The Kier molecular flexibility index (Phi) is 4.32. The number of halogens is 1. The quantitative estimate of drug-likeness (QED) is 0.788. The number of anilines is 1. The molecule has 1 aromatic heterocycles. The Hall–Kier alpha value is -2.53. The largest absolute Gasteiger partial charge is 0.355 e. The zero-order valence-corrected chi connectivity index (χ0v) is 14.1. The van der Waals surface area contributed by atoms with E-state index in [0.29, 0.717) is 12.1 Å². The summed E-state index contributed by atoms with van der Waals surface area (Å²) < 4.78 is 14.4. The molecule has 5 heteroatoms. The van der Waals surface area contributed by atoms with Crippen molar-refractivity contribution in [1.82, 2.24) is 9.97 Å². The number of nitrogens with two attached hydrogens (primary N) is 1. The molecule has 1 aliphatic rings. The van der Waals surface area contributed by atoms with Crippen molar-refractivity contribution in [2.75, 3.05) is 18.0 Å². The van der Waals surface area contributed by atoms with E-state index in [9.17, 15) is 4.39 Å². The number of aromatic nitrogens is 2. The summed E-state index contributed by atoms with van der Waals surface area (Å²) in [6.07, 6.45) is 5.50. The van der Waals surface area contributed by atoms with Crippen LogP contribution in [-0.2, 0) is 6.54 Å². The molecule has 3 aromatic rings. The molecule has 128 valence electrons. The number of rotatable bonds is 3. The maximum atomic E-state index is 14.4. The van der Waals surface area contributed by atoms with Gasteiger partial charge in [0, 0.05) is 25.2 Å². The molecule has 1 aliphatic heterocycles. The molecule has 25 heavy (non-hydrogen) atoms. The summed E-state index contributed by atoms with van der Waals surface area (Å²) in [6, 6.07) is 10.8. The average Bonchev–Trinajstić information content (AvgIpc) is 2.67. The molecule has 2 aromatic carbocycles. The molecule has 0 amide bonds. The van der Waals surface area contributed by atoms with Gasteiger partial charge in [0.25, 0.3) is 0 Å². The number of hydrogen-bond donors (Lipinski definition) is 1. The van der Waals surface area contributed by atoms with Crippen LogP contribution >= 0.6 is 0 Å². The Morgan fingerprint density at radius 1 is 1.00 bits per heavy atom. The highest BCUT2D eigenvalue weighted by Gasteiger charge is 2.14. The maximum Gasteiger partial charge on any atom is 0.147 e. The lowest BCUT2D eigenvalue weighted by molar-refractivity contribution is 0.573. The van der Waals surface area contributed by atoms with Gasteiger partial charge in [0.1, 0.15) is 11.6 Å². The highest BCUT2D eigenvalue weighted by atomic mass is 19.1. The molecule has 0 atom stereocenters. The van der Waals surface area contributed by atoms with Crippen molar-refractivity contribution in [2.24, 2.45) is 5.73 Å². The second-order valence-corrected chi connectivity index (χ2v) is 6.50. The van der Waals surface area contributed by atoms with Crippen molar-refractivity contribution in [3.63, 3.8) is 0 Å². The van der Waals surface area contributed by atoms with Crippen LogP contribution in [0.3, 0.4) is 0 Å². The van der Waals surface area contributed by atoms with E-state index in [4.69, 9.17) is 10.7 Å². The summed E-state index contributed by atoms with van der Waals surface area (Å²) >= 11 is 0. The van der Waals surface area contributed by atoms with Gasteiger partial charge in [-0.1, -0.05) is 18.2 Å². The Bertz CT molecular complexity index is 903. The fourth-order valence-electron chi connectivity index (χ4n) is 3.36. The average molecular weight is 336 g/mol. The van der Waals surface area contributed by atoms with Gasteiger partial charge in [0.2, 0.25) is 0 Å². The first-order chi connectivity index (χ1) is 12.2. The van der Waals surface area contributed by atoms with Gasteiger partial charge in [0.05, 0.1) is 17.2 Å². The Morgan fingerprint density at radius 2 is 1.84 bits per heavy atom. The van der Waals surface area contributed by atoms with Crippen LogP contribution in [0, 0.1) is 5.82 Å². The van der Waals surface area contributed by atoms with Crippen LogP contribution in [0.15, 0.2) is 42.6 Å². The van der Waals surface area contributed by atoms with Crippen LogP contribution in [-0.4, -0.2) is 23.1 Å². The summed E-state index contributed by atoms with van der Waals surface area (Å²) in [5, 5.41) is 0. The molecular formula is C20H21FN4. The molecule has 4 nitrogen and oxygen atoms in total. The summed E-state index contributed by atoms with van der Waals surface area (Å²) in [5.41, 5.74) is 9.35. The second-order valence-electron chi connectivity index (χ2n) is 6.50. The third kappa shape index (κ3) is 3.20. The Balaban J connectivity index is 1.73. The van der Waals surface area contributed by atoms with Crippen LogP contribution < -0.4 is 10.6 Å². The van der Waals surface area contributed by atoms with E-state index in [2.05, 4.69) is 9.88 Å². The standard InChI is InChI=1S/C20H21FN4/c21-17-10-14(12-22)4-6-16(17)15-5-7-18-19(11-15)24-20(13-23-18)25-8-2-1-3-9-25/h4-7,10-11,13H,1-3,8-9,12,22H2. The molecule has 2 heterocycles. The summed E-state index contributed by atoms with van der Waals surface area (Å²) in [7, 11) is 0. The zero-order chi connectivity index (χ0) is 17.2. The Labute approximate surface area is 146 Å². The molecular weight excluding hydrogens is 315 g/mol. The van der Waals surface area contributed by atoms with Crippen molar-refractivity contribution >= 4 is 16.9 Å². The lowest BCUT2D eigenvalue weighted by Gasteiger charge is -2.27. The first-order valence-electron chi connectivity index (χ1n) is 8.75. The molecule has 1 fully saturated rings. The minimum Gasteiger partial charge on any atom is -0.355 e. The number of piperidine rings is 1. The van der Waals surface area contributed by atoms with Gasteiger partial charge in [-0.05, 0) is 48.6 Å². The van der Waals surface area contributed by atoms with E-state index in [1.807, 2.05) is 30.5 Å². The first-order valence-corrected chi connectivity index (χ1v) is 8.75. The number of fused-ring (bicyclic) bond motifs is 1. The highest BCUT2D eigenvalue weighted by Crippen LogP contribution is 2.27. The molecule has 1 saturated heterocycles. The van der Waals surface area contributed by atoms with Crippen LogP contribution in [0.25, 0.3) is 22.2 Å². The van der Waals surface area contributed by atoms with Gasteiger partial charge in [-0.2, -0.15) is 0 Å². The first kappa shape index (κ1) is 16.0. The van der Waals surface area contributed by atoms with Crippen molar-refractivity contribution in [3.8, 4) is 11.1 Å². The van der Waals surface area contributed by atoms with Crippen LogP contribution in [0.5, 0.6) is 0 Å². The third-order valence-electron chi connectivity index (χ3n) is 4.79. The lowest BCUT2D eigenvalue weighted by Crippen LogP contribution is -2.30. The Morgan fingerprint density at radius 3 is 2.60 bits per heavy atom. The number of hydrogen-bond acceptors (Lipinski definition) is 4. The lowest BCUT2D eigenvalue weighted by atomic mass is 10.0. The van der Waals surface area contributed by atoms with E-state index in [-0.39, 0.29) is 5.82 Å². The monoisotopic (exact) mass is 336 g/mol. The van der Waals surface area contributed by atoms with Gasteiger partial charge in [0.15, 0.2) is 0 Å². The summed E-state index contributed by atoms with van der Waals surface area (Å²) in [6.45, 7) is 2.38. The van der Waals surface area contributed by atoms with E-state index in [1.54, 1.807) is 6.07 Å². The minimum absolute atomic E-state index is 0.262. The maximum absolute atomic E-state index is 14.4. The van der Waals surface area contributed by atoms with Crippen LogP contribution in [0.2, 0.25) is 0 Å². The van der Waals surface area contributed by atoms with Crippen LogP contribution in [0.1, 0.15) is 24.8 Å². The van der Waals surface area contributed by atoms with Gasteiger partial charge < -0.3 is 10.6 Å². The van der Waals surface area contributed by atoms with E-state index in [0.717, 1.165) is 41.1 Å². The van der Waals surface area contributed by atoms with Gasteiger partial charge in [-0.25, -0.2) is 9.37 Å². The van der Waals surface area contributed by atoms with Gasteiger partial charge in [-0.3, -0.25) is 4.98 Å². The molecule has 2 N–H and O–H groups in total. The molecule has 0 bridgehead atoms. The predicted octanol–water partition coefficient (Wildman–Crippen LogP) is 3.88. The second kappa shape index (κ2) is 6.76. The van der Waals surface area contributed by atoms with Crippen molar-refractivity contribution in [3.05, 3.63) is 54.0 Å². The third-order valence-corrected chi connectivity index (χ3v) is 4.79. The van der Waals surface area contributed by atoms with E-state index < -0.39 is 0 Å². The molecule has 0 spiro atoms. The number of nitrogens with zero attached hydrogens (tertiary/aromatic N) is 3. The van der Waals surface area contributed by atoms with Crippen molar-refractivity contribution in [1.29, 1.82) is 0 Å². The topological polar surface area (TPSA) is 55.0 Å². The van der Waals surface area contributed by atoms with E-state index >= 15 is 0 Å². The fraction of sp³-hybridized carbons (Fsp3) is 0.300. The van der Waals surface area contributed by atoms with Crippen molar-refractivity contribution < 1.29 is 4.39 Å². The molecule has 0 unspecified atom stereocenters. The highest BCUT2D eigenvalue weighted by molar-refractivity contribution is 5.82. The van der Waals surface area contributed by atoms with Crippen LogP contribution in [0.4, 0.5) is 10.2 Å². The fourth-order valence-corrected chi connectivity index (χ4v) is 3.36. The number of benzene rings is 2. The summed E-state index contributed by atoms with van der Waals surface area (Å²) in [5.74, 6) is 0.644.